The van der Waals surface area contributed by atoms with Gasteiger partial charge >= 0.3 is 0 Å². The molecule has 2 saturated heterocycles. The van der Waals surface area contributed by atoms with Crippen LogP contribution in [0.3, 0.4) is 0 Å². The van der Waals surface area contributed by atoms with Gasteiger partial charge < -0.3 is 16.0 Å². The van der Waals surface area contributed by atoms with Crippen LogP contribution in [0.2, 0.25) is 0 Å². The molecule has 0 spiro atoms. The number of rotatable bonds is 8. The Labute approximate surface area is 178 Å². The molecule has 0 radical (unpaired) electrons. The molecule has 0 aromatic heterocycles. The van der Waals surface area contributed by atoms with Crippen LogP contribution in [-0.2, 0) is 0 Å². The van der Waals surface area contributed by atoms with Crippen molar-refractivity contribution in [2.24, 2.45) is 0 Å². The third-order valence-electron chi connectivity index (χ3n) is 7.06. The lowest BCUT2D eigenvalue weighted by molar-refractivity contribution is -1.16. The summed E-state index contributed by atoms with van der Waals surface area (Å²) in [5.74, 6) is 0. The second kappa shape index (κ2) is 9.07. The predicted molar refractivity (Wildman–Crippen MR) is 117 cm³/mol. The van der Waals surface area contributed by atoms with Crippen molar-refractivity contribution >= 4 is 0 Å². The Hall–Kier alpha value is -0.280. The van der Waals surface area contributed by atoms with Crippen molar-refractivity contribution in [1.29, 1.82) is 0 Å². The Morgan fingerprint density at radius 3 is 1.14 bits per heavy atom. The Balaban J connectivity index is 1.62. The second-order valence-corrected chi connectivity index (χ2v) is 12.1. The lowest BCUT2D eigenvalue weighted by Crippen LogP contribution is -3.25. The normalized spacial score (nSPS) is 35.4. The maximum absolute atomic E-state index is 10.5. The Morgan fingerprint density at radius 2 is 0.862 bits per heavy atom. The van der Waals surface area contributed by atoms with Crippen LogP contribution < -0.4 is 26.1 Å². The minimum absolute atomic E-state index is 0.121. The first-order chi connectivity index (χ1) is 13.2. The summed E-state index contributed by atoms with van der Waals surface area (Å²) in [5, 5.41) is 33.2. The van der Waals surface area contributed by atoms with Crippen molar-refractivity contribution in [3.63, 3.8) is 0 Å². The van der Waals surface area contributed by atoms with E-state index in [-0.39, 0.29) is 22.2 Å². The van der Waals surface area contributed by atoms with Crippen molar-refractivity contribution < 1.29 is 20.5 Å². The molecule has 7 N–H and O–H groups in total. The first-order valence-electron chi connectivity index (χ1n) is 11.5. The molecule has 2 rings (SSSR count). The van der Waals surface area contributed by atoms with Crippen LogP contribution in [-0.4, -0.2) is 70.8 Å². The maximum Gasteiger partial charge on any atom is 0.123 e. The first kappa shape index (κ1) is 25.0. The van der Waals surface area contributed by atoms with Crippen LogP contribution >= 0.6 is 0 Å². The average molecular weight is 416 g/mol. The minimum atomic E-state index is -0.121. The molecule has 0 aliphatic carbocycles. The van der Waals surface area contributed by atoms with Crippen molar-refractivity contribution in [3.8, 4) is 0 Å². The standard InChI is InChI=1S/C22H47N5O2/c1-19(2)13-17(14-20(3,4)26(19)28)24-11-9-23-10-12-25-18-15-21(5,6)27(29)22(7,8)16-18/h17-18,23-25,28-29H,9-16H2,1-8H3/p+2. The number of hydroxylamine groups is 4. The van der Waals surface area contributed by atoms with E-state index in [4.69, 9.17) is 0 Å². The fraction of sp³-hybridized carbons (Fsp3) is 1.00. The average Bonchev–Trinajstić information content (AvgIpc) is 2.55. The Bertz CT molecular complexity index is 453. The van der Waals surface area contributed by atoms with Gasteiger partial charge in [0.15, 0.2) is 0 Å². The van der Waals surface area contributed by atoms with E-state index in [1.54, 1.807) is 0 Å². The molecule has 2 heterocycles. The molecule has 7 heteroatoms. The predicted octanol–water partition coefficient (Wildman–Crippen LogP) is -0.257. The number of piperidine rings is 2. The molecule has 2 fully saturated rings. The summed E-state index contributed by atoms with van der Waals surface area (Å²) >= 11 is 0. The van der Waals surface area contributed by atoms with Crippen molar-refractivity contribution in [3.05, 3.63) is 0 Å². The van der Waals surface area contributed by atoms with E-state index in [1.165, 1.54) is 0 Å². The lowest BCUT2D eigenvalue weighted by Gasteiger charge is -2.47. The monoisotopic (exact) mass is 415 g/mol. The van der Waals surface area contributed by atoms with Gasteiger partial charge in [0.05, 0.1) is 0 Å². The van der Waals surface area contributed by atoms with E-state index in [0.29, 0.717) is 22.2 Å². The highest BCUT2D eigenvalue weighted by Crippen LogP contribution is 2.24. The van der Waals surface area contributed by atoms with Gasteiger partial charge in [-0.15, -0.1) is 0 Å². The van der Waals surface area contributed by atoms with Gasteiger partial charge in [0.1, 0.15) is 22.2 Å². The van der Waals surface area contributed by atoms with Crippen LogP contribution in [0.5, 0.6) is 0 Å². The second-order valence-electron chi connectivity index (χ2n) is 12.1. The van der Waals surface area contributed by atoms with Crippen molar-refractivity contribution in [1.82, 2.24) is 16.0 Å². The van der Waals surface area contributed by atoms with Gasteiger partial charge in [-0.05, 0) is 55.4 Å². The van der Waals surface area contributed by atoms with Crippen LogP contribution in [0.1, 0.15) is 81.1 Å². The summed E-state index contributed by atoms with van der Waals surface area (Å²) in [4.78, 5) is 0. The number of hydrogen-bond donors (Lipinski definition) is 7. The van der Waals surface area contributed by atoms with Gasteiger partial charge in [-0.3, -0.25) is 0 Å². The third kappa shape index (κ3) is 6.35. The van der Waals surface area contributed by atoms with Gasteiger partial charge in [-0.2, -0.15) is 10.1 Å². The van der Waals surface area contributed by atoms with E-state index in [9.17, 15) is 10.4 Å². The van der Waals surface area contributed by atoms with Gasteiger partial charge in [0.2, 0.25) is 0 Å². The molecule has 7 nitrogen and oxygen atoms in total. The summed E-state index contributed by atoms with van der Waals surface area (Å²) in [6, 6.07) is 0.901. The fourth-order valence-corrected chi connectivity index (χ4v) is 5.97. The Kier molecular flexibility index (Phi) is 7.81. The minimum Gasteiger partial charge on any atom is -0.314 e. The molecule has 0 amide bonds. The van der Waals surface area contributed by atoms with Gasteiger partial charge in [0, 0.05) is 63.9 Å². The summed E-state index contributed by atoms with van der Waals surface area (Å²) in [6.07, 6.45) is 3.95. The molecule has 0 unspecified atom stereocenters. The first-order valence-corrected chi connectivity index (χ1v) is 11.5. The molecule has 0 bridgehead atoms. The molecular formula is C22H49N5O2+2. The van der Waals surface area contributed by atoms with Gasteiger partial charge in [0.25, 0.3) is 0 Å². The van der Waals surface area contributed by atoms with E-state index in [1.807, 2.05) is 0 Å². The zero-order valence-corrected chi connectivity index (χ0v) is 20.2. The van der Waals surface area contributed by atoms with E-state index >= 15 is 0 Å². The van der Waals surface area contributed by atoms with Gasteiger partial charge in [-0.25, -0.2) is 10.4 Å². The van der Waals surface area contributed by atoms with E-state index in [0.717, 1.165) is 51.9 Å². The molecular weight excluding hydrogens is 366 g/mol. The zero-order valence-electron chi connectivity index (χ0n) is 20.2. The van der Waals surface area contributed by atoms with Crippen LogP contribution in [0, 0.1) is 0 Å². The molecule has 2 aliphatic heterocycles. The molecule has 2 aliphatic rings. The maximum atomic E-state index is 10.5. The number of quaternary nitrogens is 2. The van der Waals surface area contributed by atoms with Gasteiger partial charge in [-0.1, -0.05) is 0 Å². The number of hydrogen-bond acceptors (Lipinski definition) is 5. The SMILES string of the molecule is CC1(C)CC(NCCNCCNC2CC(C)(C)[NH+](O)C(C)(C)C2)CC(C)(C)[NH+]1O. The quantitative estimate of drug-likeness (QED) is 0.278. The highest BCUT2D eigenvalue weighted by atomic mass is 16.5. The topological polar surface area (TPSA) is 85.4 Å². The molecule has 0 aromatic carbocycles. The largest absolute Gasteiger partial charge is 0.314 e. The molecule has 172 valence electrons. The van der Waals surface area contributed by atoms with Crippen molar-refractivity contribution in [2.45, 2.75) is 115 Å². The summed E-state index contributed by atoms with van der Waals surface area (Å²) < 4.78 is 0. The Morgan fingerprint density at radius 1 is 0.586 bits per heavy atom. The smallest absolute Gasteiger partial charge is 0.123 e. The fourth-order valence-electron chi connectivity index (χ4n) is 5.97. The van der Waals surface area contributed by atoms with Crippen LogP contribution in [0.4, 0.5) is 0 Å². The van der Waals surface area contributed by atoms with Crippen LogP contribution in [0.25, 0.3) is 0 Å². The summed E-state index contributed by atoms with van der Waals surface area (Å²) in [5.41, 5.74) is -0.483. The summed E-state index contributed by atoms with van der Waals surface area (Å²) in [6.45, 7) is 21.0. The van der Waals surface area contributed by atoms with Crippen LogP contribution in [0.15, 0.2) is 0 Å². The number of nitrogens with one attached hydrogen (secondary N) is 5. The summed E-state index contributed by atoms with van der Waals surface area (Å²) in [7, 11) is 0. The molecule has 29 heavy (non-hydrogen) atoms. The molecule has 0 saturated carbocycles. The highest BCUT2D eigenvalue weighted by molar-refractivity contribution is 4.89. The van der Waals surface area contributed by atoms with Crippen molar-refractivity contribution in [2.75, 3.05) is 26.2 Å². The molecule has 0 aromatic rings. The molecule has 0 atom stereocenters. The zero-order chi connectivity index (χ0) is 22.1. The highest BCUT2D eigenvalue weighted by Gasteiger charge is 2.50. The third-order valence-corrected chi connectivity index (χ3v) is 7.06. The lowest BCUT2D eigenvalue weighted by atomic mass is 9.79. The van der Waals surface area contributed by atoms with E-state index < -0.39 is 0 Å². The van der Waals surface area contributed by atoms with E-state index in [2.05, 4.69) is 71.3 Å².